The number of carbonyl (C=O) groups is 1. The van der Waals surface area contributed by atoms with Gasteiger partial charge >= 0.3 is 0 Å². The van der Waals surface area contributed by atoms with Crippen molar-refractivity contribution >= 4 is 5.91 Å². The fourth-order valence-electron chi connectivity index (χ4n) is 2.80. The standard InChI is InChI=1S/C14H14F3NO3/c15-9-6-10(16)12(11(17)7-9)13(19)18-3-1-2-14(8-18)20-4-5-21-14/h6-7H,1-5,8H2. The highest BCUT2D eigenvalue weighted by Gasteiger charge is 2.42. The minimum absolute atomic E-state index is 0.113. The lowest BCUT2D eigenvalue weighted by Crippen LogP contribution is -2.51. The first-order valence-electron chi connectivity index (χ1n) is 6.72. The van der Waals surface area contributed by atoms with Gasteiger partial charge < -0.3 is 14.4 Å². The molecule has 0 saturated carbocycles. The highest BCUT2D eigenvalue weighted by molar-refractivity contribution is 5.94. The number of hydrogen-bond donors (Lipinski definition) is 0. The third kappa shape index (κ3) is 2.63. The Bertz CT molecular complexity index is 550. The van der Waals surface area contributed by atoms with Crippen LogP contribution in [0.5, 0.6) is 0 Å². The highest BCUT2D eigenvalue weighted by Crippen LogP contribution is 2.31. The second-order valence-electron chi connectivity index (χ2n) is 5.18. The molecule has 2 aliphatic rings. The van der Waals surface area contributed by atoms with E-state index >= 15 is 0 Å². The van der Waals surface area contributed by atoms with Crippen molar-refractivity contribution < 1.29 is 27.4 Å². The Labute approximate surface area is 119 Å². The summed E-state index contributed by atoms with van der Waals surface area (Å²) in [5.74, 6) is -5.15. The van der Waals surface area contributed by atoms with Crippen molar-refractivity contribution in [3.8, 4) is 0 Å². The Kier molecular flexibility index (Phi) is 3.62. The van der Waals surface area contributed by atoms with E-state index in [2.05, 4.69) is 0 Å². The lowest BCUT2D eigenvalue weighted by molar-refractivity contribution is -0.183. The minimum Gasteiger partial charge on any atom is -0.346 e. The van der Waals surface area contributed by atoms with E-state index < -0.39 is 34.7 Å². The molecule has 3 rings (SSSR count). The minimum atomic E-state index is -1.20. The van der Waals surface area contributed by atoms with Crippen molar-refractivity contribution in [2.24, 2.45) is 0 Å². The maximum absolute atomic E-state index is 13.7. The lowest BCUT2D eigenvalue weighted by Gasteiger charge is -2.38. The van der Waals surface area contributed by atoms with Gasteiger partial charge in [0, 0.05) is 25.1 Å². The van der Waals surface area contributed by atoms with Gasteiger partial charge in [0.25, 0.3) is 5.91 Å². The second-order valence-corrected chi connectivity index (χ2v) is 5.18. The van der Waals surface area contributed by atoms with Crippen LogP contribution in [0.15, 0.2) is 12.1 Å². The largest absolute Gasteiger partial charge is 0.346 e. The number of halogens is 3. The molecule has 0 aromatic heterocycles. The van der Waals surface area contributed by atoms with Crippen LogP contribution < -0.4 is 0 Å². The molecule has 0 aliphatic carbocycles. The molecule has 0 N–H and O–H groups in total. The van der Waals surface area contributed by atoms with Crippen LogP contribution in [-0.2, 0) is 9.47 Å². The van der Waals surface area contributed by atoms with Crippen LogP contribution in [0.1, 0.15) is 23.2 Å². The maximum atomic E-state index is 13.7. The zero-order valence-corrected chi connectivity index (χ0v) is 11.2. The molecule has 1 spiro atoms. The monoisotopic (exact) mass is 301 g/mol. The maximum Gasteiger partial charge on any atom is 0.260 e. The Morgan fingerprint density at radius 2 is 1.76 bits per heavy atom. The number of piperidine rings is 1. The smallest absolute Gasteiger partial charge is 0.260 e. The third-order valence-electron chi connectivity index (χ3n) is 3.74. The third-order valence-corrected chi connectivity index (χ3v) is 3.74. The van der Waals surface area contributed by atoms with Crippen molar-refractivity contribution in [1.82, 2.24) is 4.90 Å². The first-order chi connectivity index (χ1) is 10.0. The molecule has 4 nitrogen and oxygen atoms in total. The average Bonchev–Trinajstić information content (AvgIpc) is 2.85. The normalized spacial score (nSPS) is 21.0. The molecule has 0 bridgehead atoms. The molecule has 2 heterocycles. The first-order valence-corrected chi connectivity index (χ1v) is 6.72. The van der Waals surface area contributed by atoms with E-state index in [1.54, 1.807) is 0 Å². The fourth-order valence-corrected chi connectivity index (χ4v) is 2.80. The summed E-state index contributed by atoms with van der Waals surface area (Å²) >= 11 is 0. The first kappa shape index (κ1) is 14.3. The quantitative estimate of drug-likeness (QED) is 0.797. The number of carbonyl (C=O) groups excluding carboxylic acids is 1. The number of amides is 1. The Morgan fingerprint density at radius 3 is 2.38 bits per heavy atom. The summed E-state index contributed by atoms with van der Waals surface area (Å²) in [6.45, 7) is 1.33. The van der Waals surface area contributed by atoms with Crippen LogP contribution in [0.3, 0.4) is 0 Å². The molecule has 2 saturated heterocycles. The summed E-state index contributed by atoms with van der Waals surface area (Å²) in [5.41, 5.74) is -0.744. The number of ether oxygens (including phenoxy) is 2. The molecule has 0 radical (unpaired) electrons. The number of hydrogen-bond acceptors (Lipinski definition) is 3. The van der Waals surface area contributed by atoms with Gasteiger partial charge in [0.2, 0.25) is 0 Å². The van der Waals surface area contributed by atoms with Gasteiger partial charge in [0.1, 0.15) is 23.0 Å². The van der Waals surface area contributed by atoms with Crippen molar-refractivity contribution in [3.63, 3.8) is 0 Å². The highest BCUT2D eigenvalue weighted by atomic mass is 19.1. The molecule has 1 aromatic carbocycles. The molecule has 114 valence electrons. The summed E-state index contributed by atoms with van der Waals surface area (Å²) in [6, 6.07) is 0.997. The van der Waals surface area contributed by atoms with Gasteiger partial charge in [-0.05, 0) is 6.42 Å². The molecule has 1 amide bonds. The Hall–Kier alpha value is -1.60. The van der Waals surface area contributed by atoms with Gasteiger partial charge in [-0.15, -0.1) is 0 Å². The van der Waals surface area contributed by atoms with Gasteiger partial charge in [-0.1, -0.05) is 0 Å². The molecule has 2 fully saturated rings. The van der Waals surface area contributed by atoms with Gasteiger partial charge in [0.15, 0.2) is 5.79 Å². The average molecular weight is 301 g/mol. The van der Waals surface area contributed by atoms with Crippen LogP contribution in [0.25, 0.3) is 0 Å². The van der Waals surface area contributed by atoms with Crippen molar-refractivity contribution in [2.45, 2.75) is 18.6 Å². The number of benzene rings is 1. The predicted molar refractivity (Wildman–Crippen MR) is 66.1 cm³/mol. The molecular formula is C14H14F3NO3. The summed E-state index contributed by atoms with van der Waals surface area (Å²) in [4.78, 5) is 13.6. The fraction of sp³-hybridized carbons (Fsp3) is 0.500. The second kappa shape index (κ2) is 5.31. The topological polar surface area (TPSA) is 38.8 Å². The Morgan fingerprint density at radius 1 is 1.14 bits per heavy atom. The van der Waals surface area contributed by atoms with Crippen molar-refractivity contribution in [2.75, 3.05) is 26.3 Å². The van der Waals surface area contributed by atoms with Crippen molar-refractivity contribution in [3.05, 3.63) is 35.1 Å². The van der Waals surface area contributed by atoms with Gasteiger partial charge in [-0.2, -0.15) is 0 Å². The summed E-state index contributed by atoms with van der Waals surface area (Å²) in [7, 11) is 0. The van der Waals surface area contributed by atoms with E-state index in [1.165, 1.54) is 4.90 Å². The van der Waals surface area contributed by atoms with Gasteiger partial charge in [-0.3, -0.25) is 4.79 Å². The SMILES string of the molecule is O=C(c1c(F)cc(F)cc1F)N1CCCC2(C1)OCCO2. The number of nitrogens with zero attached hydrogens (tertiary/aromatic N) is 1. The lowest BCUT2D eigenvalue weighted by atomic mass is 10.0. The Balaban J connectivity index is 1.85. The van der Waals surface area contributed by atoms with E-state index in [4.69, 9.17) is 9.47 Å². The van der Waals surface area contributed by atoms with E-state index in [0.717, 1.165) is 0 Å². The van der Waals surface area contributed by atoms with E-state index in [9.17, 15) is 18.0 Å². The molecule has 0 atom stereocenters. The zero-order chi connectivity index (χ0) is 15.0. The van der Waals surface area contributed by atoms with Crippen LogP contribution in [0.2, 0.25) is 0 Å². The van der Waals surface area contributed by atoms with E-state index in [1.807, 2.05) is 0 Å². The molecule has 7 heteroatoms. The number of likely N-dealkylation sites (tertiary alicyclic amines) is 1. The molecule has 21 heavy (non-hydrogen) atoms. The van der Waals surface area contributed by atoms with Gasteiger partial charge in [-0.25, -0.2) is 13.2 Å². The van der Waals surface area contributed by atoms with E-state index in [0.29, 0.717) is 44.7 Å². The van der Waals surface area contributed by atoms with Crippen LogP contribution in [0.4, 0.5) is 13.2 Å². The summed E-state index contributed by atoms with van der Waals surface area (Å²) in [5, 5.41) is 0. The summed E-state index contributed by atoms with van der Waals surface area (Å²) < 4.78 is 51.3. The molecule has 2 aliphatic heterocycles. The molecule has 1 aromatic rings. The predicted octanol–water partition coefficient (Wildman–Crippen LogP) is 2.08. The van der Waals surface area contributed by atoms with Crippen LogP contribution in [-0.4, -0.2) is 42.9 Å². The van der Waals surface area contributed by atoms with E-state index in [-0.39, 0.29) is 6.54 Å². The molecular weight excluding hydrogens is 287 g/mol. The zero-order valence-electron chi connectivity index (χ0n) is 11.2. The van der Waals surface area contributed by atoms with Gasteiger partial charge in [0.05, 0.1) is 19.8 Å². The number of rotatable bonds is 1. The molecule has 0 unspecified atom stereocenters. The van der Waals surface area contributed by atoms with Crippen LogP contribution in [0, 0.1) is 17.5 Å². The van der Waals surface area contributed by atoms with Crippen LogP contribution >= 0.6 is 0 Å². The summed E-state index contributed by atoms with van der Waals surface area (Å²) in [6.07, 6.45) is 1.24. The van der Waals surface area contributed by atoms with Crippen molar-refractivity contribution in [1.29, 1.82) is 0 Å².